The smallest absolute Gasteiger partial charge is 0.186 e. The van der Waals surface area contributed by atoms with Crippen LogP contribution < -0.4 is 0 Å². The van der Waals surface area contributed by atoms with Gasteiger partial charge in [-0.25, -0.2) is 0 Å². The van der Waals surface area contributed by atoms with E-state index < -0.39 is 37.3 Å². The molecule has 84 valence electrons. The van der Waals surface area contributed by atoms with Crippen LogP contribution >= 0.6 is 0 Å². The monoisotopic (exact) mass is 208 g/mol. The van der Waals surface area contributed by atoms with Crippen molar-refractivity contribution in [2.24, 2.45) is 0 Å². The minimum Gasteiger partial charge on any atom is -0.394 e. The van der Waals surface area contributed by atoms with Gasteiger partial charge in [-0.2, -0.15) is 0 Å². The molecule has 0 unspecified atom stereocenters. The molecule has 1 rings (SSSR count). The second-order valence-electron chi connectivity index (χ2n) is 3.16. The molecule has 0 saturated carbocycles. The van der Waals surface area contributed by atoms with Gasteiger partial charge in [0.15, 0.2) is 6.29 Å². The third-order valence-electron chi connectivity index (χ3n) is 2.15. The Morgan fingerprint density at radius 2 is 2.00 bits per heavy atom. The summed E-state index contributed by atoms with van der Waals surface area (Å²) in [4.78, 5) is 0. The Labute approximate surface area is 81.7 Å². The molecule has 1 saturated heterocycles. The molecule has 1 heterocycles. The van der Waals surface area contributed by atoms with Crippen molar-refractivity contribution in [3.63, 3.8) is 0 Å². The van der Waals surface area contributed by atoms with Crippen LogP contribution in [-0.4, -0.2) is 64.3 Å². The zero-order valence-corrected chi connectivity index (χ0v) is 7.91. The molecule has 1 aliphatic heterocycles. The third kappa shape index (κ3) is 2.22. The molecule has 0 bridgehead atoms. The first-order valence-electron chi connectivity index (χ1n) is 4.54. The van der Waals surface area contributed by atoms with Crippen LogP contribution in [0.2, 0.25) is 0 Å². The van der Waals surface area contributed by atoms with E-state index in [2.05, 4.69) is 0 Å². The van der Waals surface area contributed by atoms with Crippen molar-refractivity contribution in [3.8, 4) is 0 Å². The highest BCUT2D eigenvalue weighted by molar-refractivity contribution is 4.90. The molecule has 6 heteroatoms. The van der Waals surface area contributed by atoms with Crippen LogP contribution in [-0.2, 0) is 9.47 Å². The van der Waals surface area contributed by atoms with Crippen molar-refractivity contribution in [2.75, 3.05) is 13.2 Å². The molecule has 1 fully saturated rings. The van der Waals surface area contributed by atoms with Crippen molar-refractivity contribution in [1.29, 1.82) is 0 Å². The summed E-state index contributed by atoms with van der Waals surface area (Å²) in [5.74, 6) is 0. The van der Waals surface area contributed by atoms with Crippen LogP contribution in [0.4, 0.5) is 0 Å². The van der Waals surface area contributed by atoms with Crippen LogP contribution in [0.25, 0.3) is 0 Å². The number of rotatable bonds is 4. The molecular formula is C8H16O6. The van der Waals surface area contributed by atoms with E-state index in [-0.39, 0.29) is 0 Å². The van der Waals surface area contributed by atoms with E-state index in [4.69, 9.17) is 14.6 Å². The molecule has 0 aromatic heterocycles. The lowest BCUT2D eigenvalue weighted by molar-refractivity contribution is -0.178. The van der Waals surface area contributed by atoms with Crippen LogP contribution in [0, 0.1) is 0 Å². The number of ether oxygens (including phenoxy) is 2. The molecule has 0 amide bonds. The Kier molecular flexibility index (Phi) is 4.24. The van der Waals surface area contributed by atoms with E-state index in [1.54, 1.807) is 6.92 Å². The molecule has 14 heavy (non-hydrogen) atoms. The second-order valence-corrected chi connectivity index (χ2v) is 3.16. The summed E-state index contributed by atoms with van der Waals surface area (Å²) in [6.07, 6.45) is -5.60. The van der Waals surface area contributed by atoms with E-state index in [9.17, 15) is 15.3 Å². The Bertz CT molecular complexity index is 173. The SMILES string of the molecule is CCO[C@H]1O[C@@H]([C@H](O)CO)[C@@H](O)[C@@H]1O. The fourth-order valence-corrected chi connectivity index (χ4v) is 1.40. The number of aliphatic hydroxyl groups excluding tert-OH is 4. The second kappa shape index (κ2) is 5.01. The van der Waals surface area contributed by atoms with Crippen LogP contribution in [0.1, 0.15) is 6.92 Å². The summed E-state index contributed by atoms with van der Waals surface area (Å²) in [5.41, 5.74) is 0. The summed E-state index contributed by atoms with van der Waals surface area (Å²) in [7, 11) is 0. The fraction of sp³-hybridized carbons (Fsp3) is 1.00. The summed E-state index contributed by atoms with van der Waals surface area (Å²) >= 11 is 0. The minimum absolute atomic E-state index is 0.330. The lowest BCUT2D eigenvalue weighted by Crippen LogP contribution is -2.40. The number of hydrogen-bond donors (Lipinski definition) is 4. The summed E-state index contributed by atoms with van der Waals surface area (Å²) in [6, 6.07) is 0. The van der Waals surface area contributed by atoms with E-state index in [1.165, 1.54) is 0 Å². The van der Waals surface area contributed by atoms with Crippen LogP contribution in [0.3, 0.4) is 0 Å². The van der Waals surface area contributed by atoms with Gasteiger partial charge in [0.2, 0.25) is 0 Å². The maximum Gasteiger partial charge on any atom is 0.186 e. The molecule has 5 atom stereocenters. The van der Waals surface area contributed by atoms with Gasteiger partial charge in [0.05, 0.1) is 6.61 Å². The first kappa shape index (κ1) is 11.8. The van der Waals surface area contributed by atoms with Gasteiger partial charge >= 0.3 is 0 Å². The van der Waals surface area contributed by atoms with E-state index in [0.717, 1.165) is 0 Å². The molecule has 0 radical (unpaired) electrons. The predicted octanol–water partition coefficient (Wildman–Crippen LogP) is -2.18. The first-order chi connectivity index (χ1) is 6.61. The zero-order valence-electron chi connectivity index (χ0n) is 7.91. The summed E-state index contributed by atoms with van der Waals surface area (Å²) in [6.45, 7) is 1.52. The Balaban J connectivity index is 2.57. The average molecular weight is 208 g/mol. The third-order valence-corrected chi connectivity index (χ3v) is 2.15. The molecule has 0 aliphatic carbocycles. The highest BCUT2D eigenvalue weighted by Gasteiger charge is 2.46. The van der Waals surface area contributed by atoms with E-state index >= 15 is 0 Å². The van der Waals surface area contributed by atoms with Gasteiger partial charge in [-0.3, -0.25) is 0 Å². The van der Waals surface area contributed by atoms with Gasteiger partial charge in [0, 0.05) is 6.61 Å². The zero-order chi connectivity index (χ0) is 10.7. The highest BCUT2D eigenvalue weighted by Crippen LogP contribution is 2.24. The lowest BCUT2D eigenvalue weighted by atomic mass is 10.1. The van der Waals surface area contributed by atoms with E-state index in [1.807, 2.05) is 0 Å². The van der Waals surface area contributed by atoms with E-state index in [0.29, 0.717) is 6.61 Å². The summed E-state index contributed by atoms with van der Waals surface area (Å²) < 4.78 is 10.0. The summed E-state index contributed by atoms with van der Waals surface area (Å²) in [5, 5.41) is 36.7. The van der Waals surface area contributed by atoms with Crippen LogP contribution in [0.15, 0.2) is 0 Å². The molecule has 1 aliphatic rings. The highest BCUT2D eigenvalue weighted by atomic mass is 16.7. The topological polar surface area (TPSA) is 99.4 Å². The Morgan fingerprint density at radius 3 is 2.50 bits per heavy atom. The van der Waals surface area contributed by atoms with Gasteiger partial charge < -0.3 is 29.9 Å². The normalized spacial score (nSPS) is 40.1. The molecule has 0 aromatic carbocycles. The van der Waals surface area contributed by atoms with Gasteiger partial charge in [-0.05, 0) is 6.92 Å². The minimum atomic E-state index is -1.24. The maximum atomic E-state index is 9.43. The van der Waals surface area contributed by atoms with Gasteiger partial charge in [-0.1, -0.05) is 0 Å². The number of aliphatic hydroxyl groups is 4. The lowest BCUT2D eigenvalue weighted by Gasteiger charge is -2.18. The number of hydrogen-bond acceptors (Lipinski definition) is 6. The molecule has 4 N–H and O–H groups in total. The predicted molar refractivity (Wildman–Crippen MR) is 45.4 cm³/mol. The maximum absolute atomic E-state index is 9.43. The van der Waals surface area contributed by atoms with Crippen molar-refractivity contribution in [3.05, 3.63) is 0 Å². The van der Waals surface area contributed by atoms with Crippen molar-refractivity contribution in [1.82, 2.24) is 0 Å². The molecule has 6 nitrogen and oxygen atoms in total. The standard InChI is InChI=1S/C8H16O6/c1-2-13-8-6(12)5(11)7(14-8)4(10)3-9/h4-12H,2-3H2,1H3/t4-,5+,6+,7+,8+/m1/s1. The van der Waals surface area contributed by atoms with Gasteiger partial charge in [0.25, 0.3) is 0 Å². The molecule has 0 spiro atoms. The van der Waals surface area contributed by atoms with Crippen LogP contribution in [0.5, 0.6) is 0 Å². The van der Waals surface area contributed by atoms with Gasteiger partial charge in [-0.15, -0.1) is 0 Å². The van der Waals surface area contributed by atoms with Crippen molar-refractivity contribution < 1.29 is 29.9 Å². The largest absolute Gasteiger partial charge is 0.394 e. The van der Waals surface area contributed by atoms with Crippen molar-refractivity contribution >= 4 is 0 Å². The first-order valence-corrected chi connectivity index (χ1v) is 4.54. The van der Waals surface area contributed by atoms with Crippen molar-refractivity contribution in [2.45, 2.75) is 37.6 Å². The molecular weight excluding hydrogens is 192 g/mol. The van der Waals surface area contributed by atoms with Gasteiger partial charge in [0.1, 0.15) is 24.4 Å². The fourth-order valence-electron chi connectivity index (χ4n) is 1.40. The Hall–Kier alpha value is -0.240. The quantitative estimate of drug-likeness (QED) is 0.419. The molecule has 0 aromatic rings. The average Bonchev–Trinajstić information content (AvgIpc) is 2.46. The Morgan fingerprint density at radius 1 is 1.36 bits per heavy atom.